The fourth-order valence-corrected chi connectivity index (χ4v) is 2.39. The molecule has 0 aliphatic heterocycles. The Balaban J connectivity index is 4.61. The standard InChI is InChI=1S/C22H34O6/c1-5-7-11-15-27-21(25)19(17(3)23)13-9-10-14-20(18(4)24)22(26)28-16-12-8-6-2/h19-20H,5-8,11-16H2,1-4H3. The van der Waals surface area contributed by atoms with E-state index in [0.717, 1.165) is 38.5 Å². The van der Waals surface area contributed by atoms with Gasteiger partial charge >= 0.3 is 11.9 Å². The molecular formula is C22H34O6. The van der Waals surface area contributed by atoms with Gasteiger partial charge in [0.25, 0.3) is 0 Å². The number of hydrogen-bond acceptors (Lipinski definition) is 6. The van der Waals surface area contributed by atoms with E-state index in [4.69, 9.17) is 9.47 Å². The molecule has 6 heteroatoms. The van der Waals surface area contributed by atoms with Crippen molar-refractivity contribution in [1.82, 2.24) is 0 Å². The van der Waals surface area contributed by atoms with Gasteiger partial charge in [-0.1, -0.05) is 39.5 Å². The Morgan fingerprint density at radius 3 is 1.32 bits per heavy atom. The third kappa shape index (κ3) is 11.5. The third-order valence-electron chi connectivity index (χ3n) is 4.27. The molecule has 0 rings (SSSR count). The first-order valence-electron chi connectivity index (χ1n) is 10.1. The fourth-order valence-electron chi connectivity index (χ4n) is 2.39. The number of unbranched alkanes of at least 4 members (excludes halogenated alkanes) is 4. The summed E-state index contributed by atoms with van der Waals surface area (Å²) in [5.41, 5.74) is 0. The number of Topliss-reactive ketones (excluding diaryl/α,β-unsaturated/α-hetero) is 2. The van der Waals surface area contributed by atoms with Crippen LogP contribution in [0.4, 0.5) is 0 Å². The molecule has 0 amide bonds. The minimum Gasteiger partial charge on any atom is -0.465 e. The lowest BCUT2D eigenvalue weighted by Gasteiger charge is -2.11. The normalized spacial score (nSPS) is 12.3. The quantitative estimate of drug-likeness (QED) is 0.193. The van der Waals surface area contributed by atoms with Crippen molar-refractivity contribution in [1.29, 1.82) is 0 Å². The van der Waals surface area contributed by atoms with Crippen molar-refractivity contribution in [2.24, 2.45) is 11.8 Å². The topological polar surface area (TPSA) is 86.7 Å². The van der Waals surface area contributed by atoms with E-state index in [-0.39, 0.29) is 24.4 Å². The number of esters is 2. The zero-order valence-electron chi connectivity index (χ0n) is 17.7. The Morgan fingerprint density at radius 1 is 0.679 bits per heavy atom. The molecule has 0 N–H and O–H groups in total. The monoisotopic (exact) mass is 394 g/mol. The molecule has 0 fully saturated rings. The summed E-state index contributed by atoms with van der Waals surface area (Å²) in [5.74, 6) is 1.82. The van der Waals surface area contributed by atoms with Gasteiger partial charge in [0.05, 0.1) is 13.2 Å². The SMILES string of the molecule is CCCCCOC(=O)C(CC#CCC(C(C)=O)C(=O)OCCCCC)C(C)=O. The molecule has 0 saturated carbocycles. The molecule has 0 heterocycles. The van der Waals surface area contributed by atoms with Crippen LogP contribution >= 0.6 is 0 Å². The van der Waals surface area contributed by atoms with Gasteiger partial charge in [0.15, 0.2) is 0 Å². The van der Waals surface area contributed by atoms with E-state index in [1.165, 1.54) is 13.8 Å². The highest BCUT2D eigenvalue weighted by atomic mass is 16.5. The number of ketones is 2. The molecule has 158 valence electrons. The molecule has 0 saturated heterocycles. The highest BCUT2D eigenvalue weighted by Crippen LogP contribution is 2.10. The van der Waals surface area contributed by atoms with E-state index >= 15 is 0 Å². The van der Waals surface area contributed by atoms with Gasteiger partial charge in [0.2, 0.25) is 0 Å². The van der Waals surface area contributed by atoms with Crippen molar-refractivity contribution >= 4 is 23.5 Å². The van der Waals surface area contributed by atoms with Crippen LogP contribution in [-0.2, 0) is 28.7 Å². The molecule has 28 heavy (non-hydrogen) atoms. The maximum absolute atomic E-state index is 12.0. The Morgan fingerprint density at radius 2 is 1.04 bits per heavy atom. The van der Waals surface area contributed by atoms with Gasteiger partial charge < -0.3 is 9.47 Å². The fraction of sp³-hybridized carbons (Fsp3) is 0.727. The average Bonchev–Trinajstić information content (AvgIpc) is 2.64. The van der Waals surface area contributed by atoms with Crippen LogP contribution < -0.4 is 0 Å². The summed E-state index contributed by atoms with van der Waals surface area (Å²) < 4.78 is 10.3. The number of carbonyl (C=O) groups excluding carboxylic acids is 4. The Bertz CT molecular complexity index is 521. The predicted molar refractivity (Wildman–Crippen MR) is 106 cm³/mol. The molecule has 0 aromatic carbocycles. The maximum atomic E-state index is 12.0. The lowest BCUT2D eigenvalue weighted by molar-refractivity contribution is -0.153. The summed E-state index contributed by atoms with van der Waals surface area (Å²) >= 11 is 0. The first-order valence-corrected chi connectivity index (χ1v) is 10.1. The molecule has 6 nitrogen and oxygen atoms in total. The van der Waals surface area contributed by atoms with Gasteiger partial charge in [-0.25, -0.2) is 0 Å². The van der Waals surface area contributed by atoms with Gasteiger partial charge in [-0.2, -0.15) is 0 Å². The summed E-state index contributed by atoms with van der Waals surface area (Å²) in [6, 6.07) is 0. The predicted octanol–water partition coefficient (Wildman–Crippen LogP) is 3.65. The average molecular weight is 395 g/mol. The van der Waals surface area contributed by atoms with Crippen LogP contribution in [0, 0.1) is 23.7 Å². The molecule has 2 unspecified atom stereocenters. The Labute approximate surface area is 168 Å². The van der Waals surface area contributed by atoms with Crippen LogP contribution in [0.1, 0.15) is 79.1 Å². The van der Waals surface area contributed by atoms with E-state index in [9.17, 15) is 19.2 Å². The zero-order chi connectivity index (χ0) is 21.4. The van der Waals surface area contributed by atoms with E-state index in [1.54, 1.807) is 0 Å². The molecule has 0 aromatic heterocycles. The van der Waals surface area contributed by atoms with Gasteiger partial charge in [-0.15, -0.1) is 11.8 Å². The summed E-state index contributed by atoms with van der Waals surface area (Å²) in [5, 5.41) is 0. The molecule has 0 spiro atoms. The number of ether oxygens (including phenoxy) is 2. The van der Waals surface area contributed by atoms with Crippen LogP contribution in [0.15, 0.2) is 0 Å². The smallest absolute Gasteiger partial charge is 0.317 e. The second kappa shape index (κ2) is 15.9. The molecule has 2 atom stereocenters. The Kier molecular flexibility index (Phi) is 14.6. The van der Waals surface area contributed by atoms with Gasteiger partial charge in [-0.05, 0) is 26.7 Å². The first kappa shape index (κ1) is 25.8. The van der Waals surface area contributed by atoms with Crippen LogP contribution in [-0.4, -0.2) is 36.7 Å². The minimum atomic E-state index is -0.939. The van der Waals surface area contributed by atoms with Crippen LogP contribution in [0.2, 0.25) is 0 Å². The van der Waals surface area contributed by atoms with Crippen molar-refractivity contribution in [3.63, 3.8) is 0 Å². The summed E-state index contributed by atoms with van der Waals surface area (Å²) in [7, 11) is 0. The lowest BCUT2D eigenvalue weighted by atomic mass is 9.99. The molecule has 0 aliphatic carbocycles. The Hall–Kier alpha value is -2.16. The summed E-state index contributed by atoms with van der Waals surface area (Å²) in [4.78, 5) is 47.4. The molecule has 0 radical (unpaired) electrons. The molecule has 0 bridgehead atoms. The van der Waals surface area contributed by atoms with E-state index in [1.807, 2.05) is 13.8 Å². The van der Waals surface area contributed by atoms with Gasteiger partial charge in [0, 0.05) is 12.8 Å². The van der Waals surface area contributed by atoms with Crippen molar-refractivity contribution in [2.75, 3.05) is 13.2 Å². The molecular weight excluding hydrogens is 360 g/mol. The van der Waals surface area contributed by atoms with E-state index < -0.39 is 23.8 Å². The highest BCUT2D eigenvalue weighted by molar-refractivity contribution is 5.98. The minimum absolute atomic E-state index is 0.0120. The van der Waals surface area contributed by atoms with E-state index in [2.05, 4.69) is 11.8 Å². The zero-order valence-corrected chi connectivity index (χ0v) is 17.7. The second-order valence-electron chi connectivity index (χ2n) is 6.84. The second-order valence-corrected chi connectivity index (χ2v) is 6.84. The van der Waals surface area contributed by atoms with Gasteiger partial charge in [0.1, 0.15) is 23.4 Å². The summed E-state index contributed by atoms with van der Waals surface area (Å²) in [6.07, 6.45) is 5.49. The van der Waals surface area contributed by atoms with Gasteiger partial charge in [-0.3, -0.25) is 19.2 Å². The van der Waals surface area contributed by atoms with Crippen molar-refractivity contribution in [2.45, 2.75) is 79.1 Å². The maximum Gasteiger partial charge on any atom is 0.317 e. The van der Waals surface area contributed by atoms with Crippen molar-refractivity contribution < 1.29 is 28.7 Å². The first-order chi connectivity index (χ1) is 13.3. The summed E-state index contributed by atoms with van der Waals surface area (Å²) in [6.45, 7) is 7.33. The number of rotatable bonds is 14. The third-order valence-corrected chi connectivity index (χ3v) is 4.27. The van der Waals surface area contributed by atoms with Crippen molar-refractivity contribution in [3.05, 3.63) is 0 Å². The number of carbonyl (C=O) groups is 4. The molecule has 0 aliphatic rings. The van der Waals surface area contributed by atoms with Crippen LogP contribution in [0.25, 0.3) is 0 Å². The lowest BCUT2D eigenvalue weighted by Crippen LogP contribution is -2.25. The van der Waals surface area contributed by atoms with Crippen LogP contribution in [0.3, 0.4) is 0 Å². The van der Waals surface area contributed by atoms with Crippen molar-refractivity contribution in [3.8, 4) is 11.8 Å². The highest BCUT2D eigenvalue weighted by Gasteiger charge is 2.25. The van der Waals surface area contributed by atoms with Crippen LogP contribution in [0.5, 0.6) is 0 Å². The number of hydrogen-bond donors (Lipinski definition) is 0. The molecule has 0 aromatic rings. The largest absolute Gasteiger partial charge is 0.465 e. The van der Waals surface area contributed by atoms with E-state index in [0.29, 0.717) is 13.2 Å².